The minimum Gasteiger partial charge on any atom is -0.456 e. The number of carbonyl (C=O) groups is 3. The average molecular weight is 390 g/mol. The number of amides is 2. The summed E-state index contributed by atoms with van der Waals surface area (Å²) in [6.45, 7) is 0.155. The molecular weight excluding hydrogens is 372 g/mol. The lowest BCUT2D eigenvalue weighted by Gasteiger charge is -2.23. The molecule has 8 heteroatoms. The van der Waals surface area contributed by atoms with E-state index in [9.17, 15) is 14.4 Å². The summed E-state index contributed by atoms with van der Waals surface area (Å²) in [6, 6.07) is 11.3. The Bertz CT molecular complexity index is 807. The third-order valence-electron chi connectivity index (χ3n) is 3.81. The van der Waals surface area contributed by atoms with Crippen LogP contribution in [0.25, 0.3) is 0 Å². The number of likely N-dealkylation sites (N-methyl/N-ethyl adjacent to an activating group) is 1. The van der Waals surface area contributed by atoms with Crippen molar-refractivity contribution in [3.8, 4) is 0 Å². The van der Waals surface area contributed by atoms with Gasteiger partial charge < -0.3 is 15.0 Å². The monoisotopic (exact) mass is 390 g/mol. The zero-order chi connectivity index (χ0) is 18.5. The highest BCUT2D eigenvalue weighted by atomic mass is 32.2. The lowest BCUT2D eigenvalue weighted by atomic mass is 10.2. The van der Waals surface area contributed by atoms with Crippen LogP contribution in [0.1, 0.15) is 11.3 Å². The number of thioether (sulfide) groups is 1. The summed E-state index contributed by atoms with van der Waals surface area (Å²) >= 11 is 2.89. The number of fused-ring (bicyclic) bond motifs is 1. The maximum absolute atomic E-state index is 12.1. The van der Waals surface area contributed by atoms with Crippen molar-refractivity contribution in [3.05, 3.63) is 46.7 Å². The first-order valence-corrected chi connectivity index (χ1v) is 9.77. The average Bonchev–Trinajstić information content (AvgIpc) is 3.13. The maximum atomic E-state index is 12.1. The molecule has 26 heavy (non-hydrogen) atoms. The van der Waals surface area contributed by atoms with Crippen LogP contribution in [0.3, 0.4) is 0 Å². The molecule has 1 aromatic heterocycles. The van der Waals surface area contributed by atoms with Gasteiger partial charge in [0, 0.05) is 16.8 Å². The van der Waals surface area contributed by atoms with Crippen LogP contribution in [0.4, 0.5) is 5.69 Å². The fourth-order valence-electron chi connectivity index (χ4n) is 2.41. The molecule has 2 aromatic rings. The molecule has 136 valence electrons. The van der Waals surface area contributed by atoms with E-state index in [1.807, 2.05) is 41.8 Å². The Morgan fingerprint density at radius 3 is 2.81 bits per heavy atom. The molecule has 2 heterocycles. The fraction of sp³-hybridized carbons (Fsp3) is 0.278. The molecular formula is C18H18N2O4S2. The summed E-state index contributed by atoms with van der Waals surface area (Å²) in [5.74, 6) is -1.07. The molecule has 0 aliphatic carbocycles. The molecule has 2 amide bonds. The van der Waals surface area contributed by atoms with Gasteiger partial charge in [-0.25, -0.2) is 0 Å². The molecule has 0 spiro atoms. The Kier molecular flexibility index (Phi) is 5.95. The largest absolute Gasteiger partial charge is 0.456 e. The van der Waals surface area contributed by atoms with Crippen molar-refractivity contribution < 1.29 is 19.1 Å². The Morgan fingerprint density at radius 1 is 1.23 bits per heavy atom. The van der Waals surface area contributed by atoms with Crippen LogP contribution >= 0.6 is 23.1 Å². The number of esters is 1. The highest BCUT2D eigenvalue weighted by molar-refractivity contribution is 8.01. The van der Waals surface area contributed by atoms with Crippen molar-refractivity contribution in [3.63, 3.8) is 0 Å². The quantitative estimate of drug-likeness (QED) is 0.768. The van der Waals surface area contributed by atoms with Crippen LogP contribution in [-0.4, -0.2) is 41.6 Å². The van der Waals surface area contributed by atoms with E-state index in [0.29, 0.717) is 6.54 Å². The van der Waals surface area contributed by atoms with Crippen molar-refractivity contribution in [2.45, 2.75) is 23.1 Å². The van der Waals surface area contributed by atoms with E-state index >= 15 is 0 Å². The molecule has 1 aliphatic heterocycles. The number of para-hydroxylation sites is 1. The SMILES string of the molecule is CN(Cc1cccs1)C(=O)COC(=O)CC1Sc2ccccc2NC1=O. The van der Waals surface area contributed by atoms with Crippen molar-refractivity contribution in [1.29, 1.82) is 0 Å². The first-order valence-electron chi connectivity index (χ1n) is 8.01. The van der Waals surface area contributed by atoms with E-state index < -0.39 is 11.2 Å². The van der Waals surface area contributed by atoms with Crippen LogP contribution in [-0.2, 0) is 25.7 Å². The van der Waals surface area contributed by atoms with Gasteiger partial charge in [0.05, 0.1) is 23.9 Å². The Balaban J connectivity index is 1.47. The highest BCUT2D eigenvalue weighted by Gasteiger charge is 2.29. The van der Waals surface area contributed by atoms with Crippen LogP contribution in [0.2, 0.25) is 0 Å². The molecule has 0 radical (unpaired) electrons. The summed E-state index contributed by atoms with van der Waals surface area (Å²) in [4.78, 5) is 39.7. The van der Waals surface area contributed by atoms with E-state index in [2.05, 4.69) is 5.32 Å². The molecule has 0 saturated heterocycles. The standard InChI is InChI=1S/C18H18N2O4S2/c1-20(10-12-5-4-8-25-12)16(21)11-24-17(22)9-15-18(23)19-13-6-2-3-7-14(13)26-15/h2-8,15H,9-11H2,1H3,(H,19,23). The van der Waals surface area contributed by atoms with Gasteiger partial charge in [-0.1, -0.05) is 18.2 Å². The molecule has 0 saturated carbocycles. The number of nitrogens with one attached hydrogen (secondary N) is 1. The summed E-state index contributed by atoms with van der Waals surface area (Å²) in [7, 11) is 1.66. The van der Waals surface area contributed by atoms with Gasteiger partial charge in [0.2, 0.25) is 5.91 Å². The number of hydrogen-bond donors (Lipinski definition) is 1. The van der Waals surface area contributed by atoms with Crippen molar-refractivity contribution >= 4 is 46.6 Å². The number of carbonyl (C=O) groups excluding carboxylic acids is 3. The molecule has 6 nitrogen and oxygen atoms in total. The number of thiophene rings is 1. The summed E-state index contributed by atoms with van der Waals surface area (Å²) in [5, 5.41) is 4.17. The second kappa shape index (κ2) is 8.37. The maximum Gasteiger partial charge on any atom is 0.307 e. The molecule has 0 bridgehead atoms. The zero-order valence-electron chi connectivity index (χ0n) is 14.1. The Hall–Kier alpha value is -2.32. The van der Waals surface area contributed by atoms with E-state index in [1.165, 1.54) is 16.7 Å². The smallest absolute Gasteiger partial charge is 0.307 e. The van der Waals surface area contributed by atoms with Crippen molar-refractivity contribution in [2.24, 2.45) is 0 Å². The van der Waals surface area contributed by atoms with Gasteiger partial charge in [-0.05, 0) is 23.6 Å². The minimum atomic E-state index is -0.560. The summed E-state index contributed by atoms with van der Waals surface area (Å²) < 4.78 is 5.06. The third kappa shape index (κ3) is 4.64. The van der Waals surface area contributed by atoms with Crippen LogP contribution < -0.4 is 5.32 Å². The van der Waals surface area contributed by atoms with Gasteiger partial charge in [-0.2, -0.15) is 0 Å². The first-order chi connectivity index (χ1) is 12.5. The summed E-state index contributed by atoms with van der Waals surface area (Å²) in [5.41, 5.74) is 0.748. The number of ether oxygens (including phenoxy) is 1. The molecule has 1 atom stereocenters. The van der Waals surface area contributed by atoms with Crippen LogP contribution in [0, 0.1) is 0 Å². The van der Waals surface area contributed by atoms with Gasteiger partial charge in [-0.3, -0.25) is 14.4 Å². The van der Waals surface area contributed by atoms with E-state index in [0.717, 1.165) is 15.5 Å². The third-order valence-corrected chi connectivity index (χ3v) is 5.95. The Labute approximate surface area is 159 Å². The zero-order valence-corrected chi connectivity index (χ0v) is 15.8. The minimum absolute atomic E-state index is 0.0766. The van der Waals surface area contributed by atoms with Gasteiger partial charge >= 0.3 is 5.97 Å². The second-order valence-electron chi connectivity index (χ2n) is 5.79. The molecule has 1 aromatic carbocycles. The van der Waals surface area contributed by atoms with Gasteiger partial charge in [0.15, 0.2) is 6.61 Å². The molecule has 1 N–H and O–H groups in total. The lowest BCUT2D eigenvalue weighted by Crippen LogP contribution is -2.33. The number of anilines is 1. The van der Waals surface area contributed by atoms with Crippen LogP contribution in [0.15, 0.2) is 46.7 Å². The van der Waals surface area contributed by atoms with Crippen molar-refractivity contribution in [1.82, 2.24) is 4.90 Å². The van der Waals surface area contributed by atoms with Gasteiger partial charge in [-0.15, -0.1) is 23.1 Å². The van der Waals surface area contributed by atoms with E-state index in [1.54, 1.807) is 18.4 Å². The Morgan fingerprint density at radius 2 is 2.04 bits per heavy atom. The fourth-order valence-corrected chi connectivity index (χ4v) is 4.27. The first kappa shape index (κ1) is 18.5. The van der Waals surface area contributed by atoms with Gasteiger partial charge in [0.1, 0.15) is 0 Å². The number of hydrogen-bond acceptors (Lipinski definition) is 6. The highest BCUT2D eigenvalue weighted by Crippen LogP contribution is 2.36. The lowest BCUT2D eigenvalue weighted by molar-refractivity contribution is -0.152. The topological polar surface area (TPSA) is 75.7 Å². The van der Waals surface area contributed by atoms with Crippen LogP contribution in [0.5, 0.6) is 0 Å². The predicted molar refractivity (Wildman–Crippen MR) is 101 cm³/mol. The molecule has 3 rings (SSSR count). The second-order valence-corrected chi connectivity index (χ2v) is 8.06. The molecule has 1 unspecified atom stereocenters. The number of benzene rings is 1. The van der Waals surface area contributed by atoms with E-state index in [-0.39, 0.29) is 24.8 Å². The summed E-state index contributed by atoms with van der Waals surface area (Å²) in [6.07, 6.45) is -0.0766. The van der Waals surface area contributed by atoms with Crippen molar-refractivity contribution in [2.75, 3.05) is 19.0 Å². The number of rotatable bonds is 6. The molecule has 1 aliphatic rings. The van der Waals surface area contributed by atoms with Gasteiger partial charge in [0.25, 0.3) is 5.91 Å². The van der Waals surface area contributed by atoms with E-state index in [4.69, 9.17) is 4.74 Å². The number of nitrogens with zero attached hydrogens (tertiary/aromatic N) is 1. The predicted octanol–water partition coefficient (Wildman–Crippen LogP) is 2.75. The molecule has 0 fully saturated rings. The normalized spacial score (nSPS) is 15.7.